The Morgan fingerprint density at radius 1 is 1.11 bits per heavy atom. The Labute approximate surface area is 121 Å². The fourth-order valence-corrected chi connectivity index (χ4v) is 2.15. The zero-order valence-electron chi connectivity index (χ0n) is 10.1. The van der Waals surface area contributed by atoms with Crippen molar-refractivity contribution < 1.29 is 9.53 Å². The van der Waals surface area contributed by atoms with E-state index in [1.54, 1.807) is 37.4 Å². The first kappa shape index (κ1) is 13.7. The molecule has 2 aromatic rings. The second-order valence-corrected chi connectivity index (χ2v) is 4.69. The average Bonchev–Trinajstić information content (AvgIpc) is 2.38. The van der Waals surface area contributed by atoms with Gasteiger partial charge in [0, 0.05) is 15.6 Å². The summed E-state index contributed by atoms with van der Waals surface area (Å²) >= 11 is 11.7. The van der Waals surface area contributed by atoms with Gasteiger partial charge in [0.25, 0.3) is 5.91 Å². The van der Waals surface area contributed by atoms with Gasteiger partial charge in [0.1, 0.15) is 5.75 Å². The normalized spacial score (nSPS) is 10.1. The van der Waals surface area contributed by atoms with E-state index in [0.29, 0.717) is 27.0 Å². The zero-order chi connectivity index (χ0) is 13.8. The number of carbonyl (C=O) groups excluding carboxylic acids is 1. The molecule has 0 saturated heterocycles. The molecule has 0 aliphatic rings. The van der Waals surface area contributed by atoms with E-state index in [4.69, 9.17) is 27.9 Å². The van der Waals surface area contributed by atoms with E-state index in [1.807, 2.05) is 12.1 Å². The highest BCUT2D eigenvalue weighted by atomic mass is 35.5. The van der Waals surface area contributed by atoms with Gasteiger partial charge in [-0.3, -0.25) is 4.79 Å². The number of methoxy groups -OCH3 is 1. The standard InChI is InChI=1S/C14H11Cl2NO2/c1-19-13-5-3-2-4-12(13)17-14(18)9-6-10(15)8-11(16)7-9/h2-8H,1H3,(H,17,18). The van der Waals surface area contributed by atoms with Crippen molar-refractivity contribution in [3.63, 3.8) is 0 Å². The van der Waals surface area contributed by atoms with Gasteiger partial charge in [-0.15, -0.1) is 0 Å². The van der Waals surface area contributed by atoms with E-state index in [2.05, 4.69) is 5.32 Å². The van der Waals surface area contributed by atoms with Crippen LogP contribution in [0, 0.1) is 0 Å². The lowest BCUT2D eigenvalue weighted by molar-refractivity contribution is 0.102. The summed E-state index contributed by atoms with van der Waals surface area (Å²) in [7, 11) is 1.54. The second-order valence-electron chi connectivity index (χ2n) is 3.81. The number of rotatable bonds is 3. The van der Waals surface area contributed by atoms with E-state index < -0.39 is 0 Å². The summed E-state index contributed by atoms with van der Waals surface area (Å²) in [6, 6.07) is 11.8. The highest BCUT2D eigenvalue weighted by Gasteiger charge is 2.10. The fourth-order valence-electron chi connectivity index (χ4n) is 1.63. The summed E-state index contributed by atoms with van der Waals surface area (Å²) in [6.07, 6.45) is 0. The number of halogens is 2. The maximum atomic E-state index is 12.1. The summed E-state index contributed by atoms with van der Waals surface area (Å²) in [4.78, 5) is 12.1. The van der Waals surface area contributed by atoms with Crippen molar-refractivity contribution in [2.75, 3.05) is 12.4 Å². The molecule has 0 aliphatic carbocycles. The summed E-state index contributed by atoms with van der Waals surface area (Å²) in [5.41, 5.74) is 0.981. The Balaban J connectivity index is 2.25. The van der Waals surface area contributed by atoms with Crippen LogP contribution < -0.4 is 10.1 Å². The van der Waals surface area contributed by atoms with Crippen molar-refractivity contribution in [3.8, 4) is 5.75 Å². The van der Waals surface area contributed by atoms with E-state index in [9.17, 15) is 4.79 Å². The lowest BCUT2D eigenvalue weighted by Crippen LogP contribution is -2.12. The minimum absolute atomic E-state index is 0.297. The number of nitrogens with one attached hydrogen (secondary N) is 1. The van der Waals surface area contributed by atoms with Crippen LogP contribution >= 0.6 is 23.2 Å². The van der Waals surface area contributed by atoms with E-state index in [-0.39, 0.29) is 5.91 Å². The SMILES string of the molecule is COc1ccccc1NC(=O)c1cc(Cl)cc(Cl)c1. The molecule has 0 heterocycles. The molecule has 0 fully saturated rings. The van der Waals surface area contributed by atoms with Crippen LogP contribution in [0.4, 0.5) is 5.69 Å². The van der Waals surface area contributed by atoms with Crippen LogP contribution in [0.15, 0.2) is 42.5 Å². The van der Waals surface area contributed by atoms with Gasteiger partial charge in [-0.2, -0.15) is 0 Å². The van der Waals surface area contributed by atoms with Gasteiger partial charge in [-0.1, -0.05) is 35.3 Å². The number of carbonyl (C=O) groups is 1. The number of hydrogen-bond donors (Lipinski definition) is 1. The predicted octanol–water partition coefficient (Wildman–Crippen LogP) is 4.25. The van der Waals surface area contributed by atoms with E-state index in [0.717, 1.165) is 0 Å². The smallest absolute Gasteiger partial charge is 0.255 e. The van der Waals surface area contributed by atoms with E-state index >= 15 is 0 Å². The highest BCUT2D eigenvalue weighted by molar-refractivity contribution is 6.35. The lowest BCUT2D eigenvalue weighted by atomic mass is 10.2. The van der Waals surface area contributed by atoms with Crippen LogP contribution in [-0.4, -0.2) is 13.0 Å². The molecular formula is C14H11Cl2NO2. The first-order valence-electron chi connectivity index (χ1n) is 5.50. The molecule has 98 valence electrons. The Hall–Kier alpha value is -1.71. The van der Waals surface area contributed by atoms with Gasteiger partial charge in [0.15, 0.2) is 0 Å². The minimum atomic E-state index is -0.297. The molecule has 0 saturated carbocycles. The van der Waals surface area contributed by atoms with Crippen LogP contribution in [0.3, 0.4) is 0 Å². The molecule has 1 N–H and O–H groups in total. The molecule has 0 unspecified atom stereocenters. The number of para-hydroxylation sites is 2. The van der Waals surface area contributed by atoms with Crippen molar-refractivity contribution >= 4 is 34.8 Å². The van der Waals surface area contributed by atoms with Crippen molar-refractivity contribution in [2.45, 2.75) is 0 Å². The highest BCUT2D eigenvalue weighted by Crippen LogP contribution is 2.25. The van der Waals surface area contributed by atoms with Crippen molar-refractivity contribution in [1.82, 2.24) is 0 Å². The third-order valence-corrected chi connectivity index (χ3v) is 2.92. The Morgan fingerprint density at radius 3 is 2.37 bits per heavy atom. The minimum Gasteiger partial charge on any atom is -0.495 e. The molecule has 19 heavy (non-hydrogen) atoms. The molecule has 2 rings (SSSR count). The molecule has 0 radical (unpaired) electrons. The number of anilines is 1. The predicted molar refractivity (Wildman–Crippen MR) is 77.4 cm³/mol. The Morgan fingerprint density at radius 2 is 1.74 bits per heavy atom. The van der Waals surface area contributed by atoms with Crippen molar-refractivity contribution in [3.05, 3.63) is 58.1 Å². The Bertz CT molecular complexity index is 594. The fraction of sp³-hybridized carbons (Fsp3) is 0.0714. The average molecular weight is 296 g/mol. The summed E-state index contributed by atoms with van der Waals surface area (Å²) in [5, 5.41) is 3.58. The maximum absolute atomic E-state index is 12.1. The van der Waals surface area contributed by atoms with Crippen molar-refractivity contribution in [1.29, 1.82) is 0 Å². The summed E-state index contributed by atoms with van der Waals surface area (Å²) in [6.45, 7) is 0. The summed E-state index contributed by atoms with van der Waals surface area (Å²) < 4.78 is 5.16. The number of ether oxygens (including phenoxy) is 1. The molecule has 0 aromatic heterocycles. The number of benzene rings is 2. The molecule has 5 heteroatoms. The van der Waals surface area contributed by atoms with Gasteiger partial charge in [-0.25, -0.2) is 0 Å². The third kappa shape index (κ3) is 3.40. The molecule has 0 atom stereocenters. The Kier molecular flexibility index (Phi) is 4.30. The molecular weight excluding hydrogens is 285 g/mol. The molecule has 3 nitrogen and oxygen atoms in total. The van der Waals surface area contributed by atoms with Crippen LogP contribution in [-0.2, 0) is 0 Å². The molecule has 0 bridgehead atoms. The van der Waals surface area contributed by atoms with Gasteiger partial charge < -0.3 is 10.1 Å². The topological polar surface area (TPSA) is 38.3 Å². The van der Waals surface area contributed by atoms with Crippen LogP contribution in [0.1, 0.15) is 10.4 Å². The zero-order valence-corrected chi connectivity index (χ0v) is 11.6. The number of amides is 1. The second kappa shape index (κ2) is 5.95. The van der Waals surface area contributed by atoms with E-state index in [1.165, 1.54) is 0 Å². The molecule has 2 aromatic carbocycles. The molecule has 1 amide bonds. The summed E-state index contributed by atoms with van der Waals surface area (Å²) in [5.74, 6) is 0.290. The van der Waals surface area contributed by atoms with Crippen LogP contribution in [0.2, 0.25) is 10.0 Å². The third-order valence-electron chi connectivity index (χ3n) is 2.48. The monoisotopic (exact) mass is 295 g/mol. The quantitative estimate of drug-likeness (QED) is 0.919. The molecule has 0 aliphatic heterocycles. The largest absolute Gasteiger partial charge is 0.495 e. The number of hydrogen-bond acceptors (Lipinski definition) is 2. The van der Waals surface area contributed by atoms with Gasteiger partial charge >= 0.3 is 0 Å². The van der Waals surface area contributed by atoms with Crippen LogP contribution in [0.25, 0.3) is 0 Å². The van der Waals surface area contributed by atoms with Gasteiger partial charge in [0.05, 0.1) is 12.8 Å². The first-order chi connectivity index (χ1) is 9.10. The van der Waals surface area contributed by atoms with Crippen LogP contribution in [0.5, 0.6) is 5.75 Å². The maximum Gasteiger partial charge on any atom is 0.255 e. The lowest BCUT2D eigenvalue weighted by Gasteiger charge is -2.10. The molecule has 0 spiro atoms. The van der Waals surface area contributed by atoms with Crippen molar-refractivity contribution in [2.24, 2.45) is 0 Å². The first-order valence-corrected chi connectivity index (χ1v) is 6.26. The van der Waals surface area contributed by atoms with Gasteiger partial charge in [-0.05, 0) is 30.3 Å². The van der Waals surface area contributed by atoms with Gasteiger partial charge in [0.2, 0.25) is 0 Å².